The number of benzene rings is 2. The third kappa shape index (κ3) is 3.43. The Morgan fingerprint density at radius 1 is 1.00 bits per heavy atom. The van der Waals surface area contributed by atoms with Gasteiger partial charge in [-0.15, -0.1) is 0 Å². The van der Waals surface area contributed by atoms with Crippen LogP contribution >= 0.6 is 0 Å². The van der Waals surface area contributed by atoms with Gasteiger partial charge < -0.3 is 5.73 Å². The maximum atomic E-state index is 14.6. The van der Waals surface area contributed by atoms with Crippen LogP contribution in [-0.2, 0) is 6.42 Å². The van der Waals surface area contributed by atoms with E-state index in [9.17, 15) is 4.39 Å². The molecule has 0 bridgehead atoms. The van der Waals surface area contributed by atoms with Crippen molar-refractivity contribution in [1.29, 1.82) is 0 Å². The van der Waals surface area contributed by atoms with Crippen molar-refractivity contribution >= 4 is 5.82 Å². The van der Waals surface area contributed by atoms with Gasteiger partial charge in [0.2, 0.25) is 0 Å². The van der Waals surface area contributed by atoms with Crippen LogP contribution in [0, 0.1) is 11.7 Å². The number of anilines is 1. The fourth-order valence-electron chi connectivity index (χ4n) is 2.79. The molecule has 2 N–H and O–H groups in total. The molecular weight excluding hydrogens is 301 g/mol. The Labute approximate surface area is 141 Å². The van der Waals surface area contributed by atoms with Gasteiger partial charge in [0.1, 0.15) is 11.6 Å². The molecule has 0 aliphatic rings. The molecule has 3 rings (SSSR count). The van der Waals surface area contributed by atoms with E-state index in [1.54, 1.807) is 12.1 Å². The van der Waals surface area contributed by atoms with Gasteiger partial charge in [-0.05, 0) is 41.2 Å². The maximum absolute atomic E-state index is 14.6. The molecule has 2 aromatic carbocycles. The number of rotatable bonds is 4. The summed E-state index contributed by atoms with van der Waals surface area (Å²) in [5.41, 5.74) is 9.60. The van der Waals surface area contributed by atoms with E-state index in [1.165, 1.54) is 18.0 Å². The molecule has 122 valence electrons. The van der Waals surface area contributed by atoms with Crippen LogP contribution in [-0.4, -0.2) is 9.97 Å². The van der Waals surface area contributed by atoms with Crippen LogP contribution in [0.4, 0.5) is 10.2 Å². The molecule has 0 saturated carbocycles. The molecule has 0 fully saturated rings. The van der Waals surface area contributed by atoms with Gasteiger partial charge in [-0.2, -0.15) is 0 Å². The average molecular weight is 321 g/mol. The normalized spacial score (nSPS) is 11.0. The third-order valence-corrected chi connectivity index (χ3v) is 3.87. The number of nitrogens with zero attached hydrogens (tertiary/aromatic N) is 2. The highest BCUT2D eigenvalue weighted by Crippen LogP contribution is 2.30. The highest BCUT2D eigenvalue weighted by Gasteiger charge is 2.11. The second-order valence-corrected chi connectivity index (χ2v) is 6.28. The Kier molecular flexibility index (Phi) is 4.56. The van der Waals surface area contributed by atoms with E-state index in [0.29, 0.717) is 23.0 Å². The number of aromatic nitrogens is 2. The van der Waals surface area contributed by atoms with Crippen molar-refractivity contribution in [3.8, 4) is 22.4 Å². The topological polar surface area (TPSA) is 51.8 Å². The standard InChI is InChI=1S/C20H20FN3/c1-13(2)9-14-5-3-4-6-16(14)15-7-8-17(18(21)10-15)19-11-24-20(22)12-23-19/h3-8,10-13H,9H2,1-2H3,(H2,22,24). The van der Waals surface area contributed by atoms with E-state index < -0.39 is 0 Å². The molecule has 0 aliphatic heterocycles. The molecule has 4 heteroatoms. The van der Waals surface area contributed by atoms with Crippen LogP contribution in [0.25, 0.3) is 22.4 Å². The Bertz CT molecular complexity index is 842. The summed E-state index contributed by atoms with van der Waals surface area (Å²) < 4.78 is 14.6. The fraction of sp³-hybridized carbons (Fsp3) is 0.200. The fourth-order valence-corrected chi connectivity index (χ4v) is 2.79. The molecule has 0 radical (unpaired) electrons. The van der Waals surface area contributed by atoms with Gasteiger partial charge in [-0.25, -0.2) is 9.37 Å². The smallest absolute Gasteiger partial charge is 0.141 e. The first kappa shape index (κ1) is 16.1. The van der Waals surface area contributed by atoms with Crippen molar-refractivity contribution in [2.45, 2.75) is 20.3 Å². The molecule has 1 aromatic heterocycles. The van der Waals surface area contributed by atoms with Crippen molar-refractivity contribution in [3.05, 3.63) is 66.2 Å². The number of hydrogen-bond acceptors (Lipinski definition) is 3. The number of hydrogen-bond donors (Lipinski definition) is 1. The third-order valence-electron chi connectivity index (χ3n) is 3.87. The number of halogens is 1. The van der Waals surface area contributed by atoms with Gasteiger partial charge in [0.25, 0.3) is 0 Å². The first-order valence-corrected chi connectivity index (χ1v) is 8.00. The van der Waals surface area contributed by atoms with Crippen LogP contribution < -0.4 is 5.73 Å². The number of nitrogen functional groups attached to an aromatic ring is 1. The molecule has 3 nitrogen and oxygen atoms in total. The van der Waals surface area contributed by atoms with Crippen LogP contribution in [0.3, 0.4) is 0 Å². The molecular formula is C20H20FN3. The molecule has 0 aliphatic carbocycles. The Balaban J connectivity index is 2.00. The molecule has 0 spiro atoms. The predicted octanol–water partition coefficient (Wildman–Crippen LogP) is 4.73. The van der Waals surface area contributed by atoms with E-state index >= 15 is 0 Å². The first-order chi connectivity index (χ1) is 11.5. The van der Waals surface area contributed by atoms with Crippen molar-refractivity contribution in [2.75, 3.05) is 5.73 Å². The van der Waals surface area contributed by atoms with Crippen molar-refractivity contribution < 1.29 is 4.39 Å². The minimum atomic E-state index is -0.314. The van der Waals surface area contributed by atoms with Gasteiger partial charge in [0.05, 0.1) is 18.1 Å². The molecule has 24 heavy (non-hydrogen) atoms. The minimum absolute atomic E-state index is 0.314. The Morgan fingerprint density at radius 3 is 2.46 bits per heavy atom. The van der Waals surface area contributed by atoms with Crippen molar-refractivity contribution in [2.24, 2.45) is 5.92 Å². The lowest BCUT2D eigenvalue weighted by molar-refractivity contribution is 0.631. The van der Waals surface area contributed by atoms with E-state index in [0.717, 1.165) is 17.5 Å². The zero-order valence-corrected chi connectivity index (χ0v) is 13.8. The first-order valence-electron chi connectivity index (χ1n) is 8.00. The van der Waals surface area contributed by atoms with Gasteiger partial charge in [-0.3, -0.25) is 4.98 Å². The van der Waals surface area contributed by atoms with E-state index in [-0.39, 0.29) is 5.82 Å². The zero-order valence-electron chi connectivity index (χ0n) is 13.8. The van der Waals surface area contributed by atoms with Gasteiger partial charge in [-0.1, -0.05) is 44.2 Å². The maximum Gasteiger partial charge on any atom is 0.141 e. The number of nitrogens with two attached hydrogens (primary N) is 1. The Morgan fingerprint density at radius 2 is 1.79 bits per heavy atom. The summed E-state index contributed by atoms with van der Waals surface area (Å²) >= 11 is 0. The quantitative estimate of drug-likeness (QED) is 0.756. The molecule has 0 unspecified atom stereocenters. The minimum Gasteiger partial charge on any atom is -0.382 e. The van der Waals surface area contributed by atoms with Crippen LogP contribution in [0.2, 0.25) is 0 Å². The summed E-state index contributed by atoms with van der Waals surface area (Å²) in [6, 6.07) is 13.4. The highest BCUT2D eigenvalue weighted by atomic mass is 19.1. The summed E-state index contributed by atoms with van der Waals surface area (Å²) in [5.74, 6) is 0.546. The molecule has 0 amide bonds. The molecule has 0 atom stereocenters. The van der Waals surface area contributed by atoms with E-state index in [1.807, 2.05) is 24.3 Å². The summed E-state index contributed by atoms with van der Waals surface area (Å²) in [4.78, 5) is 8.11. The van der Waals surface area contributed by atoms with E-state index in [2.05, 4.69) is 29.9 Å². The lowest BCUT2D eigenvalue weighted by Gasteiger charge is -2.13. The largest absolute Gasteiger partial charge is 0.382 e. The summed E-state index contributed by atoms with van der Waals surface area (Å²) in [5, 5.41) is 0. The molecule has 0 saturated heterocycles. The Hall–Kier alpha value is -2.75. The van der Waals surface area contributed by atoms with E-state index in [4.69, 9.17) is 5.73 Å². The van der Waals surface area contributed by atoms with Gasteiger partial charge in [0, 0.05) is 5.56 Å². The van der Waals surface area contributed by atoms with Gasteiger partial charge in [0.15, 0.2) is 0 Å². The molecule has 1 heterocycles. The second kappa shape index (κ2) is 6.79. The monoisotopic (exact) mass is 321 g/mol. The predicted molar refractivity (Wildman–Crippen MR) is 95.8 cm³/mol. The summed E-state index contributed by atoms with van der Waals surface area (Å²) in [6.45, 7) is 4.36. The second-order valence-electron chi connectivity index (χ2n) is 6.28. The van der Waals surface area contributed by atoms with Crippen LogP contribution in [0.15, 0.2) is 54.9 Å². The zero-order chi connectivity index (χ0) is 17.1. The van der Waals surface area contributed by atoms with Crippen LogP contribution in [0.1, 0.15) is 19.4 Å². The van der Waals surface area contributed by atoms with Crippen molar-refractivity contribution in [1.82, 2.24) is 9.97 Å². The van der Waals surface area contributed by atoms with Crippen LogP contribution in [0.5, 0.6) is 0 Å². The summed E-state index contributed by atoms with van der Waals surface area (Å²) in [6.07, 6.45) is 3.88. The lowest BCUT2D eigenvalue weighted by Crippen LogP contribution is -1.98. The summed E-state index contributed by atoms with van der Waals surface area (Å²) in [7, 11) is 0. The SMILES string of the molecule is CC(C)Cc1ccccc1-c1ccc(-c2cnc(N)cn2)c(F)c1. The molecule has 3 aromatic rings. The van der Waals surface area contributed by atoms with Crippen molar-refractivity contribution in [3.63, 3.8) is 0 Å². The highest BCUT2D eigenvalue weighted by molar-refractivity contribution is 5.71. The van der Waals surface area contributed by atoms with Gasteiger partial charge >= 0.3 is 0 Å². The lowest BCUT2D eigenvalue weighted by atomic mass is 9.93. The average Bonchev–Trinajstić information content (AvgIpc) is 2.56.